The molecule has 0 amide bonds. The number of hydrogen-bond acceptors (Lipinski definition) is 4. The molecule has 246 valence electrons. The van der Waals surface area contributed by atoms with E-state index >= 15 is 0 Å². The van der Waals surface area contributed by atoms with Crippen LogP contribution in [0.25, 0.3) is 110 Å². The Morgan fingerprint density at radius 3 is 1.64 bits per heavy atom. The summed E-state index contributed by atoms with van der Waals surface area (Å²) in [7, 11) is 0. The van der Waals surface area contributed by atoms with E-state index in [1.165, 1.54) is 26.9 Å². The lowest BCUT2D eigenvalue weighted by Crippen LogP contribution is -2.01. The molecule has 0 bridgehead atoms. The van der Waals surface area contributed by atoms with Crippen molar-refractivity contribution in [1.82, 2.24) is 15.0 Å². The van der Waals surface area contributed by atoms with Crippen molar-refractivity contribution < 1.29 is 4.42 Å². The maximum absolute atomic E-state index is 6.49. The molecule has 4 nitrogen and oxygen atoms in total. The van der Waals surface area contributed by atoms with Gasteiger partial charge in [0, 0.05) is 27.5 Å². The Bertz CT molecular complexity index is 3250. The first-order chi connectivity index (χ1) is 26.2. The third kappa shape index (κ3) is 4.88. The minimum Gasteiger partial charge on any atom is -0.456 e. The van der Waals surface area contributed by atoms with Gasteiger partial charge < -0.3 is 4.42 Å². The predicted molar refractivity (Wildman–Crippen MR) is 219 cm³/mol. The smallest absolute Gasteiger partial charge is 0.164 e. The first-order valence-electron chi connectivity index (χ1n) is 17.8. The van der Waals surface area contributed by atoms with Crippen molar-refractivity contribution in [1.29, 1.82) is 0 Å². The van der Waals surface area contributed by atoms with Gasteiger partial charge in [0.1, 0.15) is 11.2 Å². The first-order valence-corrected chi connectivity index (χ1v) is 17.8. The fourth-order valence-electron chi connectivity index (χ4n) is 7.88. The van der Waals surface area contributed by atoms with Crippen LogP contribution in [0.3, 0.4) is 0 Å². The zero-order valence-electron chi connectivity index (χ0n) is 28.5. The Balaban J connectivity index is 1.17. The Kier molecular flexibility index (Phi) is 6.52. The van der Waals surface area contributed by atoms with Crippen molar-refractivity contribution in [3.8, 4) is 45.3 Å². The molecule has 0 aliphatic heterocycles. The van der Waals surface area contributed by atoms with E-state index in [0.717, 1.165) is 65.9 Å². The van der Waals surface area contributed by atoms with Gasteiger partial charge in [-0.05, 0) is 90.6 Å². The van der Waals surface area contributed by atoms with Crippen LogP contribution in [0, 0.1) is 0 Å². The van der Waals surface area contributed by atoms with Crippen molar-refractivity contribution >= 4 is 65.0 Å². The second-order valence-corrected chi connectivity index (χ2v) is 13.6. The maximum Gasteiger partial charge on any atom is 0.164 e. The number of fused-ring (bicyclic) bond motifs is 8. The van der Waals surface area contributed by atoms with Crippen LogP contribution < -0.4 is 0 Å². The maximum atomic E-state index is 6.49. The second-order valence-electron chi connectivity index (χ2n) is 13.6. The molecule has 9 aromatic carbocycles. The minimum absolute atomic E-state index is 0.597. The summed E-state index contributed by atoms with van der Waals surface area (Å²) in [6.45, 7) is 0. The molecule has 0 saturated heterocycles. The molecule has 0 spiro atoms. The number of benzene rings is 9. The van der Waals surface area contributed by atoms with Crippen molar-refractivity contribution in [3.63, 3.8) is 0 Å². The molecule has 0 aliphatic carbocycles. The van der Waals surface area contributed by atoms with Gasteiger partial charge in [0.2, 0.25) is 0 Å². The molecule has 11 aromatic rings. The molecule has 2 aromatic heterocycles. The summed E-state index contributed by atoms with van der Waals surface area (Å²) in [6, 6.07) is 61.7. The Hall–Kier alpha value is -7.17. The molecule has 2 heterocycles. The van der Waals surface area contributed by atoms with E-state index in [1.54, 1.807) is 0 Å². The quantitative estimate of drug-likeness (QED) is 0.174. The summed E-state index contributed by atoms with van der Waals surface area (Å²) < 4.78 is 6.49. The molecule has 0 N–H and O–H groups in total. The Labute approximate surface area is 304 Å². The number of aromatic nitrogens is 3. The van der Waals surface area contributed by atoms with E-state index in [9.17, 15) is 0 Å². The molecule has 4 heteroatoms. The number of nitrogens with zero attached hydrogens (tertiary/aromatic N) is 3. The zero-order chi connectivity index (χ0) is 34.9. The van der Waals surface area contributed by atoms with Crippen LogP contribution in [0.2, 0.25) is 0 Å². The molecule has 0 atom stereocenters. The van der Waals surface area contributed by atoms with E-state index in [1.807, 2.05) is 12.1 Å². The zero-order valence-corrected chi connectivity index (χ0v) is 28.5. The molecule has 0 fully saturated rings. The van der Waals surface area contributed by atoms with Gasteiger partial charge in [-0.3, -0.25) is 0 Å². The Morgan fingerprint density at radius 1 is 0.302 bits per heavy atom. The topological polar surface area (TPSA) is 51.8 Å². The van der Waals surface area contributed by atoms with Gasteiger partial charge in [0.15, 0.2) is 17.5 Å². The van der Waals surface area contributed by atoms with Crippen LogP contribution in [-0.2, 0) is 0 Å². The summed E-state index contributed by atoms with van der Waals surface area (Å²) in [5.41, 5.74) is 6.68. The van der Waals surface area contributed by atoms with Crippen LogP contribution in [0.4, 0.5) is 0 Å². The predicted octanol–water partition coefficient (Wildman–Crippen LogP) is 13.1. The van der Waals surface area contributed by atoms with Crippen LogP contribution in [0.5, 0.6) is 0 Å². The highest BCUT2D eigenvalue weighted by Gasteiger charge is 2.20. The van der Waals surface area contributed by atoms with Gasteiger partial charge in [-0.2, -0.15) is 0 Å². The molecule has 53 heavy (non-hydrogen) atoms. The highest BCUT2D eigenvalue weighted by atomic mass is 16.3. The van der Waals surface area contributed by atoms with E-state index in [0.29, 0.717) is 17.5 Å². The van der Waals surface area contributed by atoms with Gasteiger partial charge in [0.25, 0.3) is 0 Å². The Morgan fingerprint density at radius 2 is 0.868 bits per heavy atom. The average molecular weight is 676 g/mol. The van der Waals surface area contributed by atoms with Gasteiger partial charge in [0.05, 0.1) is 0 Å². The number of furan rings is 1. The molecular weight excluding hydrogens is 647 g/mol. The van der Waals surface area contributed by atoms with E-state index in [2.05, 4.69) is 164 Å². The average Bonchev–Trinajstić information content (AvgIpc) is 3.61. The van der Waals surface area contributed by atoms with Gasteiger partial charge in [-0.1, -0.05) is 140 Å². The molecule has 0 unspecified atom stereocenters. The minimum atomic E-state index is 0.597. The lowest BCUT2D eigenvalue weighted by molar-refractivity contribution is 0.669. The number of hydrogen-bond donors (Lipinski definition) is 0. The molecule has 0 aliphatic rings. The van der Waals surface area contributed by atoms with Gasteiger partial charge >= 0.3 is 0 Å². The third-order valence-corrected chi connectivity index (χ3v) is 10.5. The SMILES string of the molecule is c1ccc2cc(-c3ccc4oc5cccc(-c6nc(-c7ccc8ccccc8c7)nc(-c7cc8ccccc8c8ccccc78)n6)c5c4c3)ccc2c1. The fourth-order valence-corrected chi connectivity index (χ4v) is 7.88. The summed E-state index contributed by atoms with van der Waals surface area (Å²) in [6.07, 6.45) is 0. The van der Waals surface area contributed by atoms with Gasteiger partial charge in [-0.25, -0.2) is 15.0 Å². The molecule has 0 radical (unpaired) electrons. The van der Waals surface area contributed by atoms with E-state index in [-0.39, 0.29) is 0 Å². The van der Waals surface area contributed by atoms with Crippen LogP contribution >= 0.6 is 0 Å². The number of rotatable bonds is 4. The molecule has 0 saturated carbocycles. The van der Waals surface area contributed by atoms with Crippen LogP contribution in [0.15, 0.2) is 180 Å². The molecular formula is C49H29N3O. The first kappa shape index (κ1) is 29.5. The summed E-state index contributed by atoms with van der Waals surface area (Å²) in [5, 5.41) is 11.3. The van der Waals surface area contributed by atoms with Crippen molar-refractivity contribution in [3.05, 3.63) is 176 Å². The fraction of sp³-hybridized carbons (Fsp3) is 0. The van der Waals surface area contributed by atoms with Crippen molar-refractivity contribution in [2.45, 2.75) is 0 Å². The normalized spacial score (nSPS) is 11.8. The summed E-state index contributed by atoms with van der Waals surface area (Å²) in [4.78, 5) is 15.8. The standard InChI is InChI=1S/C49H29N3O/c1-3-12-32-26-34(22-20-30(32)10-1)35-24-25-44-43(28-35)46-41(18-9-19-45(46)53-44)48-50-47(37-23-21-31-11-2-4-13-33(31)27-37)51-49(52-48)42-29-36-14-5-6-15-38(36)39-16-7-8-17-40(39)42/h1-29H. The van der Waals surface area contributed by atoms with Crippen molar-refractivity contribution in [2.24, 2.45) is 0 Å². The lowest BCUT2D eigenvalue weighted by atomic mass is 9.96. The van der Waals surface area contributed by atoms with Crippen LogP contribution in [0.1, 0.15) is 0 Å². The third-order valence-electron chi connectivity index (χ3n) is 10.5. The summed E-state index contributed by atoms with van der Waals surface area (Å²) in [5.74, 6) is 1.84. The lowest BCUT2D eigenvalue weighted by Gasteiger charge is -2.13. The van der Waals surface area contributed by atoms with Gasteiger partial charge in [-0.15, -0.1) is 0 Å². The van der Waals surface area contributed by atoms with Crippen molar-refractivity contribution in [2.75, 3.05) is 0 Å². The second kappa shape index (κ2) is 11.7. The highest BCUT2D eigenvalue weighted by molar-refractivity contribution is 6.14. The molecule has 11 rings (SSSR count). The van der Waals surface area contributed by atoms with E-state index < -0.39 is 0 Å². The van der Waals surface area contributed by atoms with Crippen LogP contribution in [-0.4, -0.2) is 15.0 Å². The highest BCUT2D eigenvalue weighted by Crippen LogP contribution is 2.40. The van der Waals surface area contributed by atoms with E-state index in [4.69, 9.17) is 19.4 Å². The largest absolute Gasteiger partial charge is 0.456 e. The summed E-state index contributed by atoms with van der Waals surface area (Å²) >= 11 is 0. The monoisotopic (exact) mass is 675 g/mol.